The van der Waals surface area contributed by atoms with E-state index in [0.29, 0.717) is 0 Å². The van der Waals surface area contributed by atoms with E-state index < -0.39 is 0 Å². The monoisotopic (exact) mass is 209 g/mol. The van der Waals surface area contributed by atoms with Crippen molar-refractivity contribution in [2.75, 3.05) is 26.4 Å². The molecule has 3 atom stereocenters. The minimum Gasteiger partial charge on any atom is -0.366 e. The van der Waals surface area contributed by atoms with Crippen LogP contribution in [0, 0.1) is 17.8 Å². The van der Waals surface area contributed by atoms with Crippen LogP contribution in [0.4, 0.5) is 0 Å². The van der Waals surface area contributed by atoms with Gasteiger partial charge in [-0.15, -0.1) is 0 Å². The number of hydrogen-bond acceptors (Lipinski definition) is 2. The lowest BCUT2D eigenvalue weighted by atomic mass is 9.95. The fourth-order valence-corrected chi connectivity index (χ4v) is 2.83. The smallest absolute Gasteiger partial charge is 0.0990 e. The molecule has 0 aliphatic heterocycles. The zero-order valence-electron chi connectivity index (χ0n) is 9.98. The molecule has 2 bridgehead atoms. The zero-order valence-corrected chi connectivity index (χ0v) is 9.98. The molecule has 2 heteroatoms. The molecule has 15 heavy (non-hydrogen) atoms. The van der Waals surface area contributed by atoms with Crippen LogP contribution in [0.5, 0.6) is 0 Å². The van der Waals surface area contributed by atoms with Crippen molar-refractivity contribution in [2.45, 2.75) is 26.7 Å². The van der Waals surface area contributed by atoms with Crippen LogP contribution < -0.4 is 0 Å². The first kappa shape index (κ1) is 11.2. The SMILES string of the molecule is CCN(CC)COC[C@@H]1C[C@@H]2C=C[C@H]1C2. The van der Waals surface area contributed by atoms with Crippen molar-refractivity contribution >= 4 is 0 Å². The predicted molar refractivity (Wildman–Crippen MR) is 62.6 cm³/mol. The summed E-state index contributed by atoms with van der Waals surface area (Å²) in [5, 5.41) is 0. The van der Waals surface area contributed by atoms with Crippen LogP contribution in [0.3, 0.4) is 0 Å². The first-order chi connectivity index (χ1) is 7.33. The Bertz CT molecular complexity index is 223. The Hall–Kier alpha value is -0.340. The molecule has 0 spiro atoms. The van der Waals surface area contributed by atoms with Crippen LogP contribution in [-0.4, -0.2) is 31.3 Å². The van der Waals surface area contributed by atoms with Gasteiger partial charge in [-0.1, -0.05) is 26.0 Å². The molecule has 0 heterocycles. The first-order valence-corrected chi connectivity index (χ1v) is 6.31. The average molecular weight is 209 g/mol. The van der Waals surface area contributed by atoms with Crippen LogP contribution in [0.25, 0.3) is 0 Å². The van der Waals surface area contributed by atoms with E-state index in [1.165, 1.54) is 12.8 Å². The summed E-state index contributed by atoms with van der Waals surface area (Å²) in [6.45, 7) is 8.33. The summed E-state index contributed by atoms with van der Waals surface area (Å²) in [5.74, 6) is 2.50. The molecule has 0 unspecified atom stereocenters. The third kappa shape index (κ3) is 2.61. The van der Waals surface area contributed by atoms with Gasteiger partial charge in [0.25, 0.3) is 0 Å². The summed E-state index contributed by atoms with van der Waals surface area (Å²) >= 11 is 0. The summed E-state index contributed by atoms with van der Waals surface area (Å²) < 4.78 is 5.81. The van der Waals surface area contributed by atoms with Crippen molar-refractivity contribution in [2.24, 2.45) is 17.8 Å². The normalized spacial score (nSPS) is 33.1. The molecule has 0 N–H and O–H groups in total. The molecule has 1 saturated carbocycles. The van der Waals surface area contributed by atoms with E-state index in [1.54, 1.807) is 0 Å². The second kappa shape index (κ2) is 5.13. The third-order valence-electron chi connectivity index (χ3n) is 3.92. The Morgan fingerprint density at radius 3 is 2.53 bits per heavy atom. The molecule has 2 aliphatic rings. The van der Waals surface area contributed by atoms with Crippen molar-refractivity contribution in [1.82, 2.24) is 4.90 Å². The van der Waals surface area contributed by atoms with Crippen LogP contribution in [0.1, 0.15) is 26.7 Å². The Morgan fingerprint density at radius 1 is 1.20 bits per heavy atom. The second-order valence-corrected chi connectivity index (χ2v) is 4.84. The Labute approximate surface area is 93.3 Å². The third-order valence-corrected chi connectivity index (χ3v) is 3.92. The van der Waals surface area contributed by atoms with Crippen molar-refractivity contribution < 1.29 is 4.74 Å². The molecule has 1 fully saturated rings. The van der Waals surface area contributed by atoms with Crippen molar-refractivity contribution in [1.29, 1.82) is 0 Å². The quantitative estimate of drug-likeness (QED) is 0.492. The van der Waals surface area contributed by atoms with Gasteiger partial charge in [0.1, 0.15) is 0 Å². The van der Waals surface area contributed by atoms with E-state index in [1.807, 2.05) is 0 Å². The number of rotatable bonds is 6. The molecule has 0 amide bonds. The Balaban J connectivity index is 1.64. The van der Waals surface area contributed by atoms with Crippen molar-refractivity contribution in [3.63, 3.8) is 0 Å². The molecule has 86 valence electrons. The molecule has 0 radical (unpaired) electrons. The van der Waals surface area contributed by atoms with Crippen LogP contribution in [-0.2, 0) is 4.74 Å². The molecule has 2 aliphatic carbocycles. The number of nitrogens with zero attached hydrogens (tertiary/aromatic N) is 1. The van der Waals surface area contributed by atoms with Gasteiger partial charge < -0.3 is 4.74 Å². The van der Waals surface area contributed by atoms with Crippen LogP contribution >= 0.6 is 0 Å². The molecule has 2 rings (SSSR count). The lowest BCUT2D eigenvalue weighted by molar-refractivity contribution is 0.0113. The Kier molecular flexibility index (Phi) is 3.81. The minimum atomic E-state index is 0.801. The van der Waals surface area contributed by atoms with Crippen molar-refractivity contribution in [3.8, 4) is 0 Å². The maximum atomic E-state index is 5.81. The van der Waals surface area contributed by atoms with E-state index in [4.69, 9.17) is 4.74 Å². The first-order valence-electron chi connectivity index (χ1n) is 6.31. The summed E-state index contributed by atoms with van der Waals surface area (Å²) in [6, 6.07) is 0. The van der Waals surface area contributed by atoms with E-state index in [0.717, 1.165) is 44.2 Å². The fourth-order valence-electron chi connectivity index (χ4n) is 2.83. The van der Waals surface area contributed by atoms with E-state index in [-0.39, 0.29) is 0 Å². The lowest BCUT2D eigenvalue weighted by Crippen LogP contribution is -2.27. The zero-order chi connectivity index (χ0) is 10.7. The molecule has 0 aromatic rings. The summed E-state index contributed by atoms with van der Waals surface area (Å²) in [6.07, 6.45) is 7.55. The van der Waals surface area contributed by atoms with Gasteiger partial charge in [-0.2, -0.15) is 0 Å². The van der Waals surface area contributed by atoms with Crippen molar-refractivity contribution in [3.05, 3.63) is 12.2 Å². The topological polar surface area (TPSA) is 12.5 Å². The highest BCUT2D eigenvalue weighted by Crippen LogP contribution is 2.43. The van der Waals surface area contributed by atoms with E-state index >= 15 is 0 Å². The van der Waals surface area contributed by atoms with Gasteiger partial charge in [-0.05, 0) is 43.7 Å². The minimum absolute atomic E-state index is 0.801. The summed E-state index contributed by atoms with van der Waals surface area (Å²) in [5.41, 5.74) is 0. The largest absolute Gasteiger partial charge is 0.366 e. The molecular formula is C13H23NO. The van der Waals surface area contributed by atoms with Gasteiger partial charge in [0, 0.05) is 0 Å². The number of fused-ring (bicyclic) bond motifs is 2. The second-order valence-electron chi connectivity index (χ2n) is 4.84. The maximum Gasteiger partial charge on any atom is 0.0990 e. The van der Waals surface area contributed by atoms with Gasteiger partial charge in [0.05, 0.1) is 13.3 Å². The summed E-state index contributed by atoms with van der Waals surface area (Å²) in [4.78, 5) is 2.32. The highest BCUT2D eigenvalue weighted by molar-refractivity contribution is 5.09. The maximum absolute atomic E-state index is 5.81. The average Bonchev–Trinajstić information content (AvgIpc) is 2.86. The Morgan fingerprint density at radius 2 is 2.00 bits per heavy atom. The molecule has 0 aromatic heterocycles. The highest BCUT2D eigenvalue weighted by Gasteiger charge is 2.35. The molecular weight excluding hydrogens is 186 g/mol. The van der Waals surface area contributed by atoms with E-state index in [9.17, 15) is 0 Å². The van der Waals surface area contributed by atoms with Crippen LogP contribution in [0.2, 0.25) is 0 Å². The summed E-state index contributed by atoms with van der Waals surface area (Å²) in [7, 11) is 0. The van der Waals surface area contributed by atoms with Gasteiger partial charge in [-0.3, -0.25) is 4.90 Å². The highest BCUT2D eigenvalue weighted by atomic mass is 16.5. The number of allylic oxidation sites excluding steroid dienone is 2. The van der Waals surface area contributed by atoms with E-state index in [2.05, 4.69) is 30.9 Å². The number of ether oxygens (including phenoxy) is 1. The van der Waals surface area contributed by atoms with Gasteiger partial charge in [-0.25, -0.2) is 0 Å². The van der Waals surface area contributed by atoms with Gasteiger partial charge in [0.15, 0.2) is 0 Å². The standard InChI is InChI=1S/C13H23NO/c1-3-14(4-2)10-15-9-13-8-11-5-6-12(13)7-11/h5-6,11-13H,3-4,7-10H2,1-2H3/t11-,12+,13+/m1/s1. The molecule has 0 aromatic carbocycles. The predicted octanol–water partition coefficient (Wildman–Crippen LogP) is 2.51. The van der Waals surface area contributed by atoms with Gasteiger partial charge >= 0.3 is 0 Å². The van der Waals surface area contributed by atoms with Gasteiger partial charge in [0.2, 0.25) is 0 Å². The molecule has 0 saturated heterocycles. The lowest BCUT2D eigenvalue weighted by Gasteiger charge is -2.22. The fraction of sp³-hybridized carbons (Fsp3) is 0.846. The van der Waals surface area contributed by atoms with Crippen LogP contribution in [0.15, 0.2) is 12.2 Å². The number of hydrogen-bond donors (Lipinski definition) is 0. The molecule has 2 nitrogen and oxygen atoms in total.